The third kappa shape index (κ3) is 3.22. The van der Waals surface area contributed by atoms with Crippen LogP contribution in [0.4, 0.5) is 5.69 Å². The average molecular weight is 278 g/mol. The highest BCUT2D eigenvalue weighted by Crippen LogP contribution is 2.30. The Hall–Kier alpha value is -1.75. The first-order chi connectivity index (χ1) is 9.65. The lowest BCUT2D eigenvalue weighted by atomic mass is 9.97. The van der Waals surface area contributed by atoms with Crippen molar-refractivity contribution in [2.24, 2.45) is 11.8 Å². The first kappa shape index (κ1) is 14.7. The highest BCUT2D eigenvalue weighted by Gasteiger charge is 2.29. The molecule has 5 heteroatoms. The fourth-order valence-corrected chi connectivity index (χ4v) is 2.42. The van der Waals surface area contributed by atoms with Crippen molar-refractivity contribution in [3.63, 3.8) is 0 Å². The molecule has 0 radical (unpaired) electrons. The molecular weight excluding hydrogens is 256 g/mol. The predicted molar refractivity (Wildman–Crippen MR) is 78.3 cm³/mol. The van der Waals surface area contributed by atoms with Gasteiger partial charge in [-0.3, -0.25) is 4.79 Å². The normalized spacial score (nSPS) is 21.6. The number of benzene rings is 1. The Bertz CT molecular complexity index is 476. The van der Waals surface area contributed by atoms with E-state index in [1.165, 1.54) is 0 Å². The molecule has 2 N–H and O–H groups in total. The van der Waals surface area contributed by atoms with E-state index in [-0.39, 0.29) is 11.8 Å². The molecule has 1 saturated heterocycles. The van der Waals surface area contributed by atoms with Gasteiger partial charge in [0.15, 0.2) is 11.5 Å². The van der Waals surface area contributed by atoms with E-state index in [1.807, 2.05) is 13.0 Å². The Morgan fingerprint density at radius 2 is 2.20 bits per heavy atom. The number of ether oxygens (including phenoxy) is 2. The van der Waals surface area contributed by atoms with Crippen molar-refractivity contribution in [1.82, 2.24) is 5.32 Å². The van der Waals surface area contributed by atoms with Crippen LogP contribution in [0.15, 0.2) is 18.2 Å². The van der Waals surface area contributed by atoms with Gasteiger partial charge in [0, 0.05) is 18.3 Å². The number of hydrogen-bond donors (Lipinski definition) is 2. The number of carbonyl (C=O) groups is 1. The first-order valence-corrected chi connectivity index (χ1v) is 6.98. The molecule has 0 aliphatic carbocycles. The van der Waals surface area contributed by atoms with Crippen LogP contribution >= 0.6 is 0 Å². The summed E-state index contributed by atoms with van der Waals surface area (Å²) in [7, 11) is 1.60. The molecule has 0 saturated carbocycles. The number of hydrogen-bond acceptors (Lipinski definition) is 4. The van der Waals surface area contributed by atoms with E-state index in [4.69, 9.17) is 9.47 Å². The molecule has 5 nitrogen and oxygen atoms in total. The Labute approximate surface area is 119 Å². The standard InChI is InChI=1S/C15H22N2O3/c1-4-20-14-7-11(5-6-13(14)19-3)17-15(18)12-9-16-8-10(12)2/h5-7,10,12,16H,4,8-9H2,1-3H3,(H,17,18). The lowest BCUT2D eigenvalue weighted by molar-refractivity contribution is -0.120. The van der Waals surface area contributed by atoms with E-state index in [0.717, 1.165) is 18.8 Å². The van der Waals surface area contributed by atoms with Crippen LogP contribution in [0.5, 0.6) is 11.5 Å². The Morgan fingerprint density at radius 3 is 2.80 bits per heavy atom. The lowest BCUT2D eigenvalue weighted by Gasteiger charge is -2.16. The minimum absolute atomic E-state index is 0.0210. The molecule has 1 fully saturated rings. The second-order valence-corrected chi connectivity index (χ2v) is 5.03. The summed E-state index contributed by atoms with van der Waals surface area (Å²) in [4.78, 5) is 12.2. The van der Waals surface area contributed by atoms with Crippen molar-refractivity contribution in [3.8, 4) is 11.5 Å². The molecule has 1 aromatic rings. The Balaban J connectivity index is 2.09. The molecule has 20 heavy (non-hydrogen) atoms. The third-order valence-electron chi connectivity index (χ3n) is 3.59. The van der Waals surface area contributed by atoms with Crippen molar-refractivity contribution in [3.05, 3.63) is 18.2 Å². The molecule has 110 valence electrons. The largest absolute Gasteiger partial charge is 0.493 e. The van der Waals surface area contributed by atoms with Gasteiger partial charge in [-0.25, -0.2) is 0 Å². The van der Waals surface area contributed by atoms with Crippen molar-refractivity contribution in [2.75, 3.05) is 32.1 Å². The van der Waals surface area contributed by atoms with E-state index in [2.05, 4.69) is 17.6 Å². The van der Waals surface area contributed by atoms with E-state index >= 15 is 0 Å². The van der Waals surface area contributed by atoms with E-state index in [0.29, 0.717) is 24.0 Å². The number of amides is 1. The second-order valence-electron chi connectivity index (χ2n) is 5.03. The molecule has 1 aliphatic heterocycles. The molecule has 0 aromatic heterocycles. The van der Waals surface area contributed by atoms with Crippen molar-refractivity contribution >= 4 is 11.6 Å². The monoisotopic (exact) mass is 278 g/mol. The minimum atomic E-state index is 0.0210. The SMILES string of the molecule is CCOc1cc(NC(=O)C2CNCC2C)ccc1OC. The van der Waals surface area contributed by atoms with Crippen LogP contribution in [-0.4, -0.2) is 32.7 Å². The van der Waals surface area contributed by atoms with Gasteiger partial charge in [0.2, 0.25) is 5.91 Å². The first-order valence-electron chi connectivity index (χ1n) is 6.98. The van der Waals surface area contributed by atoms with Crippen LogP contribution < -0.4 is 20.1 Å². The third-order valence-corrected chi connectivity index (χ3v) is 3.59. The summed E-state index contributed by atoms with van der Waals surface area (Å²) in [5, 5.41) is 6.18. The van der Waals surface area contributed by atoms with Crippen LogP contribution in [0.2, 0.25) is 0 Å². The van der Waals surface area contributed by atoms with Gasteiger partial charge in [-0.15, -0.1) is 0 Å². The minimum Gasteiger partial charge on any atom is -0.493 e. The summed E-state index contributed by atoms with van der Waals surface area (Å²) in [5.74, 6) is 1.74. The molecule has 2 atom stereocenters. The fourth-order valence-electron chi connectivity index (χ4n) is 2.42. The van der Waals surface area contributed by atoms with Gasteiger partial charge in [0.1, 0.15) is 0 Å². The summed E-state index contributed by atoms with van der Waals surface area (Å²) in [6.07, 6.45) is 0. The van der Waals surface area contributed by atoms with Gasteiger partial charge >= 0.3 is 0 Å². The molecular formula is C15H22N2O3. The smallest absolute Gasteiger partial charge is 0.229 e. The number of nitrogens with one attached hydrogen (secondary N) is 2. The van der Waals surface area contributed by atoms with E-state index in [9.17, 15) is 4.79 Å². The van der Waals surface area contributed by atoms with Crippen molar-refractivity contribution < 1.29 is 14.3 Å². The van der Waals surface area contributed by atoms with Gasteiger partial charge in [0.05, 0.1) is 19.6 Å². The molecule has 1 aromatic carbocycles. The fraction of sp³-hybridized carbons (Fsp3) is 0.533. The number of anilines is 1. The zero-order valence-corrected chi connectivity index (χ0v) is 12.2. The second kappa shape index (κ2) is 6.61. The maximum Gasteiger partial charge on any atom is 0.229 e. The maximum absolute atomic E-state index is 12.2. The molecule has 0 spiro atoms. The Kier molecular flexibility index (Phi) is 4.84. The van der Waals surface area contributed by atoms with Gasteiger partial charge in [0.25, 0.3) is 0 Å². The van der Waals surface area contributed by atoms with Gasteiger partial charge in [-0.1, -0.05) is 6.92 Å². The van der Waals surface area contributed by atoms with E-state index in [1.54, 1.807) is 19.2 Å². The summed E-state index contributed by atoms with van der Waals surface area (Å²) in [6.45, 7) is 6.18. The quantitative estimate of drug-likeness (QED) is 0.863. The zero-order valence-electron chi connectivity index (χ0n) is 12.2. The number of methoxy groups -OCH3 is 1. The average Bonchev–Trinajstić information content (AvgIpc) is 2.86. The van der Waals surface area contributed by atoms with E-state index < -0.39 is 0 Å². The highest BCUT2D eigenvalue weighted by atomic mass is 16.5. The highest BCUT2D eigenvalue weighted by molar-refractivity contribution is 5.93. The molecule has 1 heterocycles. The summed E-state index contributed by atoms with van der Waals surface area (Å²) in [6, 6.07) is 5.43. The Morgan fingerprint density at radius 1 is 1.40 bits per heavy atom. The molecule has 1 aliphatic rings. The maximum atomic E-state index is 12.2. The van der Waals surface area contributed by atoms with Gasteiger partial charge in [-0.05, 0) is 31.5 Å². The summed E-state index contributed by atoms with van der Waals surface area (Å²) in [5.41, 5.74) is 0.735. The van der Waals surface area contributed by atoms with Crippen LogP contribution in [0.3, 0.4) is 0 Å². The van der Waals surface area contributed by atoms with Crippen molar-refractivity contribution in [1.29, 1.82) is 0 Å². The van der Waals surface area contributed by atoms with Crippen LogP contribution in [-0.2, 0) is 4.79 Å². The molecule has 2 unspecified atom stereocenters. The number of carbonyl (C=O) groups excluding carboxylic acids is 1. The lowest BCUT2D eigenvalue weighted by Crippen LogP contribution is -2.27. The van der Waals surface area contributed by atoms with Gasteiger partial charge in [-0.2, -0.15) is 0 Å². The van der Waals surface area contributed by atoms with Gasteiger partial charge < -0.3 is 20.1 Å². The van der Waals surface area contributed by atoms with Crippen LogP contribution in [0.25, 0.3) is 0 Å². The molecule has 1 amide bonds. The zero-order chi connectivity index (χ0) is 14.5. The predicted octanol–water partition coefficient (Wildman–Crippen LogP) is 1.89. The van der Waals surface area contributed by atoms with Crippen molar-refractivity contribution in [2.45, 2.75) is 13.8 Å². The van der Waals surface area contributed by atoms with Crippen LogP contribution in [0.1, 0.15) is 13.8 Å². The summed E-state index contributed by atoms with van der Waals surface area (Å²) < 4.78 is 10.7. The van der Waals surface area contributed by atoms with Crippen LogP contribution in [0, 0.1) is 11.8 Å². The number of rotatable bonds is 5. The molecule has 2 rings (SSSR count). The summed E-state index contributed by atoms with van der Waals surface area (Å²) >= 11 is 0. The topological polar surface area (TPSA) is 59.6 Å². The molecule has 0 bridgehead atoms.